The molecule has 0 spiro atoms. The molecule has 1 saturated heterocycles. The number of carbonyl (C=O) groups is 1. The van der Waals surface area contributed by atoms with E-state index in [1.165, 1.54) is 12.1 Å². The molecule has 24 heavy (non-hydrogen) atoms. The van der Waals surface area contributed by atoms with Crippen LogP contribution in [0.5, 0.6) is 0 Å². The van der Waals surface area contributed by atoms with Gasteiger partial charge in [0.05, 0.1) is 6.04 Å². The zero-order valence-corrected chi connectivity index (χ0v) is 15.3. The number of carbonyl (C=O) groups excluding carboxylic acids is 1. The molecule has 0 radical (unpaired) electrons. The topological polar surface area (TPSA) is 35.6 Å². The molecule has 1 fully saturated rings. The highest BCUT2D eigenvalue weighted by Crippen LogP contribution is 2.12. The molecule has 134 valence electrons. The van der Waals surface area contributed by atoms with E-state index in [2.05, 4.69) is 15.1 Å². The molecule has 0 saturated carbocycles. The Bertz CT molecular complexity index is 539. The normalized spacial score (nSPS) is 18.9. The van der Waals surface area contributed by atoms with Crippen LogP contribution in [0.3, 0.4) is 0 Å². The van der Waals surface area contributed by atoms with Crippen molar-refractivity contribution in [3.63, 3.8) is 0 Å². The maximum atomic E-state index is 13.0. The van der Waals surface area contributed by atoms with Crippen molar-refractivity contribution in [2.24, 2.45) is 0 Å². The fraction of sp³-hybridized carbons (Fsp3) is 0.632. The Morgan fingerprint density at radius 1 is 1.17 bits per heavy atom. The molecule has 1 aliphatic heterocycles. The van der Waals surface area contributed by atoms with Crippen LogP contribution in [-0.4, -0.2) is 53.5 Å². The first-order valence-corrected chi connectivity index (χ1v) is 8.77. The van der Waals surface area contributed by atoms with Gasteiger partial charge in [0.1, 0.15) is 5.82 Å². The Balaban J connectivity index is 1.87. The Morgan fingerprint density at radius 3 is 2.46 bits per heavy atom. The fourth-order valence-electron chi connectivity index (χ4n) is 3.02. The van der Waals surface area contributed by atoms with Crippen LogP contribution < -0.4 is 5.32 Å². The predicted octanol–water partition coefficient (Wildman–Crippen LogP) is 2.64. The third-order valence-corrected chi connectivity index (χ3v) is 4.37. The summed E-state index contributed by atoms with van der Waals surface area (Å²) >= 11 is 0. The first-order valence-electron chi connectivity index (χ1n) is 8.77. The van der Waals surface area contributed by atoms with E-state index in [9.17, 15) is 9.18 Å². The van der Waals surface area contributed by atoms with Crippen molar-refractivity contribution in [1.82, 2.24) is 15.1 Å². The molecule has 1 unspecified atom stereocenters. The second-order valence-electron chi connectivity index (χ2n) is 7.71. The molecule has 1 aromatic rings. The van der Waals surface area contributed by atoms with Gasteiger partial charge in [0.15, 0.2) is 0 Å². The van der Waals surface area contributed by atoms with E-state index in [0.717, 1.165) is 44.7 Å². The van der Waals surface area contributed by atoms with Crippen molar-refractivity contribution in [3.05, 3.63) is 35.6 Å². The minimum absolute atomic E-state index is 0.0921. The van der Waals surface area contributed by atoms with Gasteiger partial charge in [-0.2, -0.15) is 0 Å². The van der Waals surface area contributed by atoms with Gasteiger partial charge in [-0.15, -0.1) is 0 Å². The summed E-state index contributed by atoms with van der Waals surface area (Å²) in [6.07, 6.45) is 1.04. The number of rotatable bonds is 4. The molecule has 5 heteroatoms. The zero-order valence-electron chi connectivity index (χ0n) is 15.3. The lowest BCUT2D eigenvalue weighted by atomic mass is 10.1. The van der Waals surface area contributed by atoms with E-state index in [1.54, 1.807) is 0 Å². The lowest BCUT2D eigenvalue weighted by Crippen LogP contribution is -2.51. The summed E-state index contributed by atoms with van der Waals surface area (Å²) in [4.78, 5) is 17.0. The summed E-state index contributed by atoms with van der Waals surface area (Å²) < 4.78 is 13.0. The minimum Gasteiger partial charge on any atom is -0.350 e. The predicted molar refractivity (Wildman–Crippen MR) is 95.2 cm³/mol. The van der Waals surface area contributed by atoms with Crippen LogP contribution in [-0.2, 0) is 11.3 Å². The van der Waals surface area contributed by atoms with Crippen molar-refractivity contribution in [1.29, 1.82) is 0 Å². The van der Waals surface area contributed by atoms with Crippen LogP contribution in [0.4, 0.5) is 4.39 Å². The second kappa shape index (κ2) is 8.08. The maximum absolute atomic E-state index is 13.0. The van der Waals surface area contributed by atoms with E-state index in [0.29, 0.717) is 0 Å². The van der Waals surface area contributed by atoms with Crippen LogP contribution in [0, 0.1) is 5.82 Å². The monoisotopic (exact) mass is 335 g/mol. The van der Waals surface area contributed by atoms with Gasteiger partial charge in [0.2, 0.25) is 5.91 Å². The van der Waals surface area contributed by atoms with Gasteiger partial charge in [0.25, 0.3) is 0 Å². The van der Waals surface area contributed by atoms with Gasteiger partial charge in [-0.1, -0.05) is 12.1 Å². The Morgan fingerprint density at radius 2 is 1.83 bits per heavy atom. The Labute approximate surface area is 145 Å². The first-order chi connectivity index (χ1) is 11.2. The highest BCUT2D eigenvalue weighted by atomic mass is 19.1. The maximum Gasteiger partial charge on any atom is 0.237 e. The molecule has 1 aromatic carbocycles. The number of nitrogens with one attached hydrogen (secondary N) is 1. The molecular formula is C19H30FN3O. The van der Waals surface area contributed by atoms with Crippen LogP contribution in [0.15, 0.2) is 24.3 Å². The second-order valence-corrected chi connectivity index (χ2v) is 7.71. The van der Waals surface area contributed by atoms with Crippen molar-refractivity contribution < 1.29 is 9.18 Å². The van der Waals surface area contributed by atoms with Crippen molar-refractivity contribution >= 4 is 5.91 Å². The fourth-order valence-corrected chi connectivity index (χ4v) is 3.02. The molecule has 1 heterocycles. The highest BCUT2D eigenvalue weighted by Gasteiger charge is 2.26. The standard InChI is InChI=1S/C19H30FN3O/c1-15(18(24)21-19(2,3)4)23-11-5-10-22(12-13-23)14-16-6-8-17(20)9-7-16/h6-9,15H,5,10-14H2,1-4H3,(H,21,24). The summed E-state index contributed by atoms with van der Waals surface area (Å²) in [5.74, 6) is -0.103. The van der Waals surface area contributed by atoms with Gasteiger partial charge < -0.3 is 5.32 Å². The highest BCUT2D eigenvalue weighted by molar-refractivity contribution is 5.81. The molecule has 0 bridgehead atoms. The van der Waals surface area contributed by atoms with E-state index < -0.39 is 0 Å². The molecule has 0 aliphatic carbocycles. The van der Waals surface area contributed by atoms with Crippen LogP contribution in [0.25, 0.3) is 0 Å². The van der Waals surface area contributed by atoms with Crippen LogP contribution in [0.1, 0.15) is 39.7 Å². The average molecular weight is 335 g/mol. The summed E-state index contributed by atoms with van der Waals surface area (Å²) in [5, 5.41) is 3.06. The van der Waals surface area contributed by atoms with E-state index in [1.807, 2.05) is 39.8 Å². The number of hydrogen-bond donors (Lipinski definition) is 1. The Kier molecular flexibility index (Phi) is 6.35. The van der Waals surface area contributed by atoms with Gasteiger partial charge in [-0.3, -0.25) is 14.6 Å². The van der Waals surface area contributed by atoms with Crippen molar-refractivity contribution in [2.75, 3.05) is 26.2 Å². The number of amides is 1. The first kappa shape index (κ1) is 18.9. The molecule has 0 aromatic heterocycles. The summed E-state index contributed by atoms with van der Waals surface area (Å²) in [7, 11) is 0. The Hall–Kier alpha value is -1.46. The summed E-state index contributed by atoms with van der Waals surface area (Å²) in [5.41, 5.74) is 0.926. The van der Waals surface area contributed by atoms with Gasteiger partial charge >= 0.3 is 0 Å². The smallest absolute Gasteiger partial charge is 0.237 e. The lowest BCUT2D eigenvalue weighted by molar-refractivity contribution is -0.127. The third kappa shape index (κ3) is 5.87. The quantitative estimate of drug-likeness (QED) is 0.919. The largest absolute Gasteiger partial charge is 0.350 e. The molecule has 2 rings (SSSR count). The van der Waals surface area contributed by atoms with Gasteiger partial charge in [-0.05, 0) is 58.4 Å². The molecule has 1 atom stereocenters. The van der Waals surface area contributed by atoms with Crippen LogP contribution >= 0.6 is 0 Å². The number of benzene rings is 1. The van der Waals surface area contributed by atoms with Crippen LogP contribution in [0.2, 0.25) is 0 Å². The number of halogens is 1. The van der Waals surface area contributed by atoms with E-state index in [4.69, 9.17) is 0 Å². The third-order valence-electron chi connectivity index (χ3n) is 4.37. The molecule has 1 aliphatic rings. The minimum atomic E-state index is -0.203. The molecule has 4 nitrogen and oxygen atoms in total. The van der Waals surface area contributed by atoms with E-state index in [-0.39, 0.29) is 23.3 Å². The van der Waals surface area contributed by atoms with E-state index >= 15 is 0 Å². The molecular weight excluding hydrogens is 305 g/mol. The summed E-state index contributed by atoms with van der Waals surface area (Å²) in [6.45, 7) is 12.6. The van der Waals surface area contributed by atoms with Gasteiger partial charge in [0, 0.05) is 31.7 Å². The molecule has 1 N–H and O–H groups in total. The number of nitrogens with zero attached hydrogens (tertiary/aromatic N) is 2. The van der Waals surface area contributed by atoms with Crippen molar-refractivity contribution in [2.45, 2.75) is 52.2 Å². The SMILES string of the molecule is CC(C(=O)NC(C)(C)C)N1CCCN(Cc2ccc(F)cc2)CC1. The summed E-state index contributed by atoms with van der Waals surface area (Å²) in [6, 6.07) is 6.60. The number of hydrogen-bond acceptors (Lipinski definition) is 3. The zero-order chi connectivity index (χ0) is 17.7. The van der Waals surface area contributed by atoms with Gasteiger partial charge in [-0.25, -0.2) is 4.39 Å². The lowest BCUT2D eigenvalue weighted by Gasteiger charge is -2.30. The average Bonchev–Trinajstić information content (AvgIpc) is 2.73. The van der Waals surface area contributed by atoms with Crippen molar-refractivity contribution in [3.8, 4) is 0 Å². The molecule has 1 amide bonds.